The van der Waals surface area contributed by atoms with Gasteiger partial charge < -0.3 is 15.3 Å². The van der Waals surface area contributed by atoms with E-state index in [4.69, 9.17) is 0 Å². The number of nitrogens with zero attached hydrogens (tertiary/aromatic N) is 1. The fourth-order valence-electron chi connectivity index (χ4n) is 2.72. The molecule has 2 heterocycles. The Morgan fingerprint density at radius 3 is 3.00 bits per heavy atom. The predicted octanol–water partition coefficient (Wildman–Crippen LogP) is 0.585. The maximum atomic E-state index is 10.2. The monoisotopic (exact) mass is 198 g/mol. The highest BCUT2D eigenvalue weighted by Crippen LogP contribution is 2.26. The minimum atomic E-state index is -0.399. The summed E-state index contributed by atoms with van der Waals surface area (Å²) in [6, 6.07) is 0.722. The Bertz CT molecular complexity index is 190. The van der Waals surface area contributed by atoms with Gasteiger partial charge in [-0.2, -0.15) is 0 Å². The SMILES string of the molecule is CN1CCCC1CCC1(O)CCNC1. The Balaban J connectivity index is 1.75. The molecule has 0 aromatic rings. The summed E-state index contributed by atoms with van der Waals surface area (Å²) in [7, 11) is 2.20. The standard InChI is InChI=1S/C11H22N2O/c1-13-8-2-3-10(13)4-5-11(14)6-7-12-9-11/h10,12,14H,2-9H2,1H3. The van der Waals surface area contributed by atoms with Gasteiger partial charge in [0, 0.05) is 12.6 Å². The van der Waals surface area contributed by atoms with Crippen LogP contribution in [0, 0.1) is 0 Å². The van der Waals surface area contributed by atoms with Gasteiger partial charge in [0.15, 0.2) is 0 Å². The van der Waals surface area contributed by atoms with Crippen LogP contribution in [0.4, 0.5) is 0 Å². The van der Waals surface area contributed by atoms with Crippen molar-refractivity contribution in [3.05, 3.63) is 0 Å². The van der Waals surface area contributed by atoms with E-state index in [0.29, 0.717) is 0 Å². The second-order valence-corrected chi connectivity index (χ2v) is 4.97. The number of likely N-dealkylation sites (tertiary alicyclic amines) is 1. The molecule has 2 aliphatic rings. The minimum Gasteiger partial charge on any atom is -0.389 e. The van der Waals surface area contributed by atoms with Crippen LogP contribution in [0.1, 0.15) is 32.1 Å². The normalized spacial score (nSPS) is 39.4. The van der Waals surface area contributed by atoms with Crippen molar-refractivity contribution in [1.29, 1.82) is 0 Å². The van der Waals surface area contributed by atoms with Crippen molar-refractivity contribution in [2.24, 2.45) is 0 Å². The molecule has 0 aliphatic carbocycles. The zero-order chi connectivity index (χ0) is 10.0. The van der Waals surface area contributed by atoms with Gasteiger partial charge in [0.05, 0.1) is 5.60 Å². The Morgan fingerprint density at radius 2 is 2.43 bits per heavy atom. The fraction of sp³-hybridized carbons (Fsp3) is 1.00. The average Bonchev–Trinajstić information content (AvgIpc) is 2.73. The maximum Gasteiger partial charge on any atom is 0.0784 e. The first-order chi connectivity index (χ1) is 6.70. The van der Waals surface area contributed by atoms with E-state index in [9.17, 15) is 5.11 Å². The smallest absolute Gasteiger partial charge is 0.0784 e. The van der Waals surface area contributed by atoms with Crippen molar-refractivity contribution in [3.63, 3.8) is 0 Å². The van der Waals surface area contributed by atoms with Gasteiger partial charge >= 0.3 is 0 Å². The van der Waals surface area contributed by atoms with Crippen LogP contribution in [-0.4, -0.2) is 48.3 Å². The third-order valence-corrected chi connectivity index (χ3v) is 3.84. The van der Waals surface area contributed by atoms with Gasteiger partial charge in [0.25, 0.3) is 0 Å². The summed E-state index contributed by atoms with van der Waals surface area (Å²) in [6.07, 6.45) is 5.71. The van der Waals surface area contributed by atoms with Crippen molar-refractivity contribution >= 4 is 0 Å². The topological polar surface area (TPSA) is 35.5 Å². The summed E-state index contributed by atoms with van der Waals surface area (Å²) in [5, 5.41) is 13.4. The highest BCUT2D eigenvalue weighted by Gasteiger charge is 2.32. The lowest BCUT2D eigenvalue weighted by molar-refractivity contribution is 0.0438. The second kappa shape index (κ2) is 4.17. The maximum absolute atomic E-state index is 10.2. The highest BCUT2D eigenvalue weighted by atomic mass is 16.3. The first kappa shape index (κ1) is 10.4. The minimum absolute atomic E-state index is 0.399. The van der Waals surface area contributed by atoms with Crippen molar-refractivity contribution < 1.29 is 5.11 Å². The lowest BCUT2D eigenvalue weighted by Gasteiger charge is -2.25. The van der Waals surface area contributed by atoms with Crippen LogP contribution in [-0.2, 0) is 0 Å². The Morgan fingerprint density at radius 1 is 1.57 bits per heavy atom. The molecule has 14 heavy (non-hydrogen) atoms. The zero-order valence-corrected chi connectivity index (χ0v) is 9.13. The summed E-state index contributed by atoms with van der Waals surface area (Å²) < 4.78 is 0. The molecular formula is C11H22N2O. The van der Waals surface area contributed by atoms with E-state index >= 15 is 0 Å². The van der Waals surface area contributed by atoms with Crippen molar-refractivity contribution in [3.8, 4) is 0 Å². The molecule has 2 saturated heterocycles. The van der Waals surface area contributed by atoms with Crippen LogP contribution in [0.25, 0.3) is 0 Å². The third kappa shape index (κ3) is 2.27. The summed E-state index contributed by atoms with van der Waals surface area (Å²) in [6.45, 7) is 3.02. The van der Waals surface area contributed by atoms with Crippen LogP contribution >= 0.6 is 0 Å². The molecule has 0 bridgehead atoms. The van der Waals surface area contributed by atoms with E-state index in [2.05, 4.69) is 17.3 Å². The third-order valence-electron chi connectivity index (χ3n) is 3.84. The van der Waals surface area contributed by atoms with Gasteiger partial charge in [-0.1, -0.05) is 0 Å². The van der Waals surface area contributed by atoms with E-state index < -0.39 is 5.60 Å². The molecule has 0 amide bonds. The molecule has 2 unspecified atom stereocenters. The summed E-state index contributed by atoms with van der Waals surface area (Å²) in [5.74, 6) is 0. The molecule has 0 aromatic heterocycles. The summed E-state index contributed by atoms with van der Waals surface area (Å²) in [5.41, 5.74) is -0.399. The molecule has 2 aliphatic heterocycles. The van der Waals surface area contributed by atoms with Crippen LogP contribution in [0.5, 0.6) is 0 Å². The molecule has 3 nitrogen and oxygen atoms in total. The largest absolute Gasteiger partial charge is 0.389 e. The molecular weight excluding hydrogens is 176 g/mol. The molecule has 3 heteroatoms. The van der Waals surface area contributed by atoms with Gasteiger partial charge in [0.1, 0.15) is 0 Å². The Hall–Kier alpha value is -0.120. The van der Waals surface area contributed by atoms with Crippen molar-refractivity contribution in [2.75, 3.05) is 26.7 Å². The molecule has 2 N–H and O–H groups in total. The van der Waals surface area contributed by atoms with Crippen LogP contribution < -0.4 is 5.32 Å². The molecule has 0 radical (unpaired) electrons. The first-order valence-corrected chi connectivity index (χ1v) is 5.83. The van der Waals surface area contributed by atoms with E-state index in [1.807, 2.05) is 0 Å². The number of hydrogen-bond acceptors (Lipinski definition) is 3. The van der Waals surface area contributed by atoms with Gasteiger partial charge in [0.2, 0.25) is 0 Å². The van der Waals surface area contributed by atoms with Crippen LogP contribution in [0.15, 0.2) is 0 Å². The van der Waals surface area contributed by atoms with Crippen LogP contribution in [0.3, 0.4) is 0 Å². The van der Waals surface area contributed by atoms with E-state index in [-0.39, 0.29) is 0 Å². The predicted molar refractivity (Wildman–Crippen MR) is 57.3 cm³/mol. The quantitative estimate of drug-likeness (QED) is 0.696. The number of rotatable bonds is 3. The Kier molecular flexibility index (Phi) is 3.10. The summed E-state index contributed by atoms with van der Waals surface area (Å²) >= 11 is 0. The molecule has 2 atom stereocenters. The van der Waals surface area contributed by atoms with E-state index in [0.717, 1.165) is 38.4 Å². The molecule has 2 rings (SSSR count). The average molecular weight is 198 g/mol. The summed E-state index contributed by atoms with van der Waals surface area (Å²) in [4.78, 5) is 2.44. The fourth-order valence-corrected chi connectivity index (χ4v) is 2.72. The molecule has 2 fully saturated rings. The molecule has 0 aromatic carbocycles. The van der Waals surface area contributed by atoms with E-state index in [1.165, 1.54) is 19.4 Å². The number of aliphatic hydroxyl groups is 1. The van der Waals surface area contributed by atoms with Gasteiger partial charge in [-0.25, -0.2) is 0 Å². The zero-order valence-electron chi connectivity index (χ0n) is 9.13. The molecule has 82 valence electrons. The molecule has 0 saturated carbocycles. The lowest BCUT2D eigenvalue weighted by Crippen LogP contribution is -2.34. The molecule has 0 spiro atoms. The number of β-amino-alcohol motifs (C(OH)–C–C–N with tert-alkyl or cyclic N) is 1. The number of hydrogen-bond donors (Lipinski definition) is 2. The van der Waals surface area contributed by atoms with Crippen molar-refractivity contribution in [1.82, 2.24) is 10.2 Å². The van der Waals surface area contributed by atoms with Gasteiger partial charge in [-0.15, -0.1) is 0 Å². The first-order valence-electron chi connectivity index (χ1n) is 5.83. The second-order valence-electron chi connectivity index (χ2n) is 4.97. The number of nitrogens with one attached hydrogen (secondary N) is 1. The Labute approximate surface area is 86.5 Å². The van der Waals surface area contributed by atoms with Crippen LogP contribution in [0.2, 0.25) is 0 Å². The highest BCUT2D eigenvalue weighted by molar-refractivity contribution is 4.89. The van der Waals surface area contributed by atoms with Gasteiger partial charge in [-0.05, 0) is 52.2 Å². The van der Waals surface area contributed by atoms with Crippen molar-refractivity contribution in [2.45, 2.75) is 43.7 Å². The van der Waals surface area contributed by atoms with E-state index in [1.54, 1.807) is 0 Å². The lowest BCUT2D eigenvalue weighted by atomic mass is 9.93. The van der Waals surface area contributed by atoms with Gasteiger partial charge in [-0.3, -0.25) is 0 Å².